The van der Waals surface area contributed by atoms with E-state index in [1.54, 1.807) is 0 Å². The number of aliphatic hydroxyl groups is 1. The van der Waals surface area contributed by atoms with Crippen LogP contribution in [0, 0.1) is 5.41 Å². The Morgan fingerprint density at radius 1 is 1.12 bits per heavy atom. The third-order valence-electron chi connectivity index (χ3n) is 4.31. The molecule has 2 aliphatic rings. The largest absolute Gasteiger partial charge is 0.393 e. The molecule has 1 fully saturated rings. The third kappa shape index (κ3) is 1.76. The van der Waals surface area contributed by atoms with Crippen LogP contribution < -0.4 is 0 Å². The van der Waals surface area contributed by atoms with Crippen LogP contribution >= 0.6 is 11.6 Å². The average molecular weight is 237 g/mol. The van der Waals surface area contributed by atoms with E-state index in [1.165, 1.54) is 30.4 Å². The fourth-order valence-electron chi connectivity index (χ4n) is 3.37. The van der Waals surface area contributed by atoms with E-state index < -0.39 is 0 Å². The van der Waals surface area contributed by atoms with E-state index in [9.17, 15) is 5.11 Å². The first-order chi connectivity index (χ1) is 7.67. The van der Waals surface area contributed by atoms with Gasteiger partial charge in [0.05, 0.1) is 6.10 Å². The maximum atomic E-state index is 9.59. The molecule has 1 aromatic rings. The molecule has 1 nitrogen and oxygen atoms in total. The molecule has 0 amide bonds. The Morgan fingerprint density at radius 3 is 2.56 bits per heavy atom. The van der Waals surface area contributed by atoms with E-state index in [0.717, 1.165) is 24.3 Å². The standard InChI is InChI=1S/C14H17ClO/c15-12-2-1-10-8-14(9-11(10)7-12)5-3-13(16)4-6-14/h1-2,7,13,16H,3-6,8-9H2. The highest BCUT2D eigenvalue weighted by Gasteiger charge is 2.39. The first-order valence-electron chi connectivity index (χ1n) is 6.12. The van der Waals surface area contributed by atoms with Crippen molar-refractivity contribution < 1.29 is 5.11 Å². The topological polar surface area (TPSA) is 20.2 Å². The van der Waals surface area contributed by atoms with Gasteiger partial charge in [-0.25, -0.2) is 0 Å². The lowest BCUT2D eigenvalue weighted by atomic mass is 9.71. The normalized spacial score (nSPS) is 33.0. The molecular formula is C14H17ClO. The van der Waals surface area contributed by atoms with Crippen LogP contribution in [0.25, 0.3) is 0 Å². The van der Waals surface area contributed by atoms with Gasteiger partial charge in [0.1, 0.15) is 0 Å². The minimum Gasteiger partial charge on any atom is -0.393 e. The van der Waals surface area contributed by atoms with Crippen LogP contribution in [0.5, 0.6) is 0 Å². The lowest BCUT2D eigenvalue weighted by molar-refractivity contribution is 0.0675. The number of rotatable bonds is 0. The Labute approximate surface area is 101 Å². The number of hydrogen-bond acceptors (Lipinski definition) is 1. The summed E-state index contributed by atoms with van der Waals surface area (Å²) in [5.41, 5.74) is 3.34. The Kier molecular flexibility index (Phi) is 2.49. The summed E-state index contributed by atoms with van der Waals surface area (Å²) in [6, 6.07) is 6.30. The van der Waals surface area contributed by atoms with E-state index in [-0.39, 0.29) is 6.10 Å². The second-order valence-electron chi connectivity index (χ2n) is 5.50. The summed E-state index contributed by atoms with van der Waals surface area (Å²) in [5.74, 6) is 0. The zero-order chi connectivity index (χ0) is 11.2. The highest BCUT2D eigenvalue weighted by atomic mass is 35.5. The fourth-order valence-corrected chi connectivity index (χ4v) is 3.57. The van der Waals surface area contributed by atoms with E-state index in [0.29, 0.717) is 5.41 Å². The molecule has 1 aromatic carbocycles. The summed E-state index contributed by atoms with van der Waals surface area (Å²) in [5, 5.41) is 10.4. The highest BCUT2D eigenvalue weighted by molar-refractivity contribution is 6.30. The van der Waals surface area contributed by atoms with Gasteiger partial charge in [-0.05, 0) is 67.2 Å². The van der Waals surface area contributed by atoms with Crippen LogP contribution in [0.15, 0.2) is 18.2 Å². The quantitative estimate of drug-likeness (QED) is 0.733. The van der Waals surface area contributed by atoms with E-state index >= 15 is 0 Å². The van der Waals surface area contributed by atoms with Crippen molar-refractivity contribution in [2.45, 2.75) is 44.6 Å². The van der Waals surface area contributed by atoms with Gasteiger partial charge in [-0.1, -0.05) is 17.7 Å². The molecule has 0 heterocycles. The third-order valence-corrected chi connectivity index (χ3v) is 4.55. The van der Waals surface area contributed by atoms with E-state index in [1.807, 2.05) is 6.07 Å². The molecule has 0 aliphatic heterocycles. The van der Waals surface area contributed by atoms with Crippen molar-refractivity contribution in [1.29, 1.82) is 0 Å². The molecule has 0 unspecified atom stereocenters. The van der Waals surface area contributed by atoms with Gasteiger partial charge in [0.25, 0.3) is 0 Å². The van der Waals surface area contributed by atoms with Gasteiger partial charge in [0, 0.05) is 5.02 Å². The van der Waals surface area contributed by atoms with Crippen molar-refractivity contribution >= 4 is 11.6 Å². The summed E-state index contributed by atoms with van der Waals surface area (Å²) in [7, 11) is 0. The number of benzene rings is 1. The molecular weight excluding hydrogens is 220 g/mol. The summed E-state index contributed by atoms with van der Waals surface area (Å²) >= 11 is 6.03. The van der Waals surface area contributed by atoms with Crippen molar-refractivity contribution in [1.82, 2.24) is 0 Å². The van der Waals surface area contributed by atoms with E-state index in [4.69, 9.17) is 11.6 Å². The van der Waals surface area contributed by atoms with Crippen LogP contribution in [0.1, 0.15) is 36.8 Å². The Balaban J connectivity index is 1.84. The maximum absolute atomic E-state index is 9.59. The van der Waals surface area contributed by atoms with Gasteiger partial charge < -0.3 is 5.11 Å². The molecule has 0 atom stereocenters. The first kappa shape index (κ1) is 10.6. The molecule has 86 valence electrons. The van der Waals surface area contributed by atoms with Gasteiger partial charge in [-0.2, -0.15) is 0 Å². The first-order valence-corrected chi connectivity index (χ1v) is 6.50. The molecule has 2 heteroatoms. The summed E-state index contributed by atoms with van der Waals surface area (Å²) in [6.45, 7) is 0. The predicted molar refractivity (Wildman–Crippen MR) is 65.8 cm³/mol. The zero-order valence-electron chi connectivity index (χ0n) is 9.38. The van der Waals surface area contributed by atoms with Gasteiger partial charge in [-0.3, -0.25) is 0 Å². The minimum atomic E-state index is -0.0575. The Hall–Kier alpha value is -0.530. The molecule has 1 spiro atoms. The Morgan fingerprint density at radius 2 is 1.81 bits per heavy atom. The van der Waals surface area contributed by atoms with Crippen molar-refractivity contribution in [2.24, 2.45) is 5.41 Å². The summed E-state index contributed by atoms with van der Waals surface area (Å²) in [6.07, 6.45) is 6.57. The lowest BCUT2D eigenvalue weighted by Gasteiger charge is -2.35. The molecule has 1 saturated carbocycles. The Bertz CT molecular complexity index is 405. The maximum Gasteiger partial charge on any atom is 0.0540 e. The van der Waals surface area contributed by atoms with Crippen LogP contribution in [-0.2, 0) is 12.8 Å². The van der Waals surface area contributed by atoms with Crippen LogP contribution in [0.2, 0.25) is 5.02 Å². The van der Waals surface area contributed by atoms with E-state index in [2.05, 4.69) is 12.1 Å². The van der Waals surface area contributed by atoms with Crippen LogP contribution in [0.3, 0.4) is 0 Å². The molecule has 0 bridgehead atoms. The molecule has 16 heavy (non-hydrogen) atoms. The van der Waals surface area contributed by atoms with Crippen LogP contribution in [-0.4, -0.2) is 11.2 Å². The van der Waals surface area contributed by atoms with Gasteiger partial charge in [-0.15, -0.1) is 0 Å². The zero-order valence-corrected chi connectivity index (χ0v) is 10.1. The van der Waals surface area contributed by atoms with Crippen molar-refractivity contribution in [3.63, 3.8) is 0 Å². The molecule has 3 rings (SSSR count). The number of fused-ring (bicyclic) bond motifs is 1. The van der Waals surface area contributed by atoms with Crippen LogP contribution in [0.4, 0.5) is 0 Å². The monoisotopic (exact) mass is 236 g/mol. The highest BCUT2D eigenvalue weighted by Crippen LogP contribution is 2.47. The molecule has 1 N–H and O–H groups in total. The number of hydrogen-bond donors (Lipinski definition) is 1. The van der Waals surface area contributed by atoms with Gasteiger partial charge in [0.2, 0.25) is 0 Å². The second kappa shape index (κ2) is 3.75. The van der Waals surface area contributed by atoms with Gasteiger partial charge in [0.15, 0.2) is 0 Å². The summed E-state index contributed by atoms with van der Waals surface area (Å²) in [4.78, 5) is 0. The van der Waals surface area contributed by atoms with Gasteiger partial charge >= 0.3 is 0 Å². The smallest absolute Gasteiger partial charge is 0.0540 e. The average Bonchev–Trinajstić information content (AvgIpc) is 2.60. The molecule has 0 saturated heterocycles. The fraction of sp³-hybridized carbons (Fsp3) is 0.571. The molecule has 0 aromatic heterocycles. The molecule has 2 aliphatic carbocycles. The van der Waals surface area contributed by atoms with Crippen molar-refractivity contribution in [3.8, 4) is 0 Å². The van der Waals surface area contributed by atoms with Crippen molar-refractivity contribution in [3.05, 3.63) is 34.3 Å². The second-order valence-corrected chi connectivity index (χ2v) is 5.93. The summed E-state index contributed by atoms with van der Waals surface area (Å²) < 4.78 is 0. The predicted octanol–water partition coefficient (Wildman–Crippen LogP) is 3.36. The number of aliphatic hydroxyl groups excluding tert-OH is 1. The lowest BCUT2D eigenvalue weighted by Crippen LogP contribution is -2.30. The number of halogens is 1. The molecule has 0 radical (unpaired) electrons. The SMILES string of the molecule is OC1CCC2(CC1)Cc1ccc(Cl)cc1C2. The van der Waals surface area contributed by atoms with Crippen molar-refractivity contribution in [2.75, 3.05) is 0 Å². The minimum absolute atomic E-state index is 0.0575.